The van der Waals surface area contributed by atoms with Crippen LogP contribution in [0, 0.1) is 0 Å². The van der Waals surface area contributed by atoms with Crippen molar-refractivity contribution in [3.8, 4) is 0 Å². The molecule has 3 saturated heterocycles. The maximum absolute atomic E-state index is 14.3. The molecule has 49 heavy (non-hydrogen) atoms. The zero-order valence-electron chi connectivity index (χ0n) is 27.8. The number of ether oxygens (including phenoxy) is 4. The van der Waals surface area contributed by atoms with Crippen molar-refractivity contribution in [3.63, 3.8) is 0 Å². The number of hydrogen-bond acceptors (Lipinski definition) is 8. The molecule has 5 aliphatic rings. The Hall–Kier alpha value is -4.13. The molecule has 11 heteroatoms. The number of para-hydroxylation sites is 2. The van der Waals surface area contributed by atoms with Crippen LogP contribution in [0.25, 0.3) is 43.6 Å². The summed E-state index contributed by atoms with van der Waals surface area (Å²) < 4.78 is 29.8. The molecule has 2 aromatic heterocycles. The summed E-state index contributed by atoms with van der Waals surface area (Å²) in [7, 11) is 3.62. The van der Waals surface area contributed by atoms with Crippen LogP contribution in [0.3, 0.4) is 0 Å². The van der Waals surface area contributed by atoms with Gasteiger partial charge in [0.2, 0.25) is 0 Å². The largest absolute Gasteiger partial charge is 0.375 e. The number of carbonyl (C=O) groups is 3. The molecular formula is C38H38N4O7. The third-order valence-electron chi connectivity index (χ3n) is 11.8. The number of benzene rings is 3. The lowest BCUT2D eigenvalue weighted by molar-refractivity contribution is -0.256. The minimum absolute atomic E-state index is 0.0615. The average molecular weight is 663 g/mol. The van der Waals surface area contributed by atoms with Crippen LogP contribution in [-0.2, 0) is 31.2 Å². The Morgan fingerprint density at radius 1 is 0.918 bits per heavy atom. The van der Waals surface area contributed by atoms with Crippen molar-refractivity contribution in [2.75, 3.05) is 27.4 Å². The summed E-state index contributed by atoms with van der Waals surface area (Å²) in [6.07, 6.45) is 1.52. The highest BCUT2D eigenvalue weighted by Crippen LogP contribution is 2.54. The molecule has 3 fully saturated rings. The van der Waals surface area contributed by atoms with Crippen LogP contribution in [0.4, 0.5) is 0 Å². The van der Waals surface area contributed by atoms with Crippen LogP contribution in [0.15, 0.2) is 36.4 Å². The van der Waals surface area contributed by atoms with E-state index in [1.54, 1.807) is 7.11 Å². The summed E-state index contributed by atoms with van der Waals surface area (Å²) >= 11 is 0. The molecule has 5 aromatic rings. The van der Waals surface area contributed by atoms with E-state index in [1.165, 1.54) is 0 Å². The number of methoxy groups -OCH3 is 1. The smallest absolute Gasteiger partial charge is 0.252 e. The molecule has 6 atom stereocenters. The Bertz CT molecular complexity index is 2290. The van der Waals surface area contributed by atoms with Gasteiger partial charge < -0.3 is 38.7 Å². The van der Waals surface area contributed by atoms with Crippen molar-refractivity contribution in [2.45, 2.75) is 81.9 Å². The minimum atomic E-state index is -1.10. The molecule has 4 unspecified atom stereocenters. The van der Waals surface area contributed by atoms with Crippen molar-refractivity contribution >= 4 is 61.1 Å². The fourth-order valence-corrected chi connectivity index (χ4v) is 9.82. The Morgan fingerprint density at radius 2 is 1.57 bits per heavy atom. The standard InChI is InChI=1S/C38H38N4O7/c1-38-36(46-3)23(39-2)16-26(49-38)41-30-19(9-5-10-20(30)34(43)24-12-6-14-47-24)28-29-22(17-40-37(29)45)27-18-8-4-11-21(35(44)25-13-7-15-48-25)31(18)42(38)33(27)32(28)41/h4-5,8-11,23-26,36,39H,6-7,12-17H2,1-3H3,(H,40,45)/t23?,24?,25?,26-,36?,38+/m0/s1. The monoisotopic (exact) mass is 662 g/mol. The van der Waals surface area contributed by atoms with Gasteiger partial charge >= 0.3 is 0 Å². The van der Waals surface area contributed by atoms with Gasteiger partial charge in [0.1, 0.15) is 24.5 Å². The zero-order valence-corrected chi connectivity index (χ0v) is 27.8. The van der Waals surface area contributed by atoms with Crippen molar-refractivity contribution in [1.82, 2.24) is 19.8 Å². The second kappa shape index (κ2) is 10.4. The Morgan fingerprint density at radius 3 is 2.18 bits per heavy atom. The summed E-state index contributed by atoms with van der Waals surface area (Å²) in [5.74, 6) is -0.276. The SMILES string of the molecule is CNC1C[C@@H]2O[C@](C)(C1OC)n1c3c(C(=O)C4CCCO4)cccc3c3c4c(c5c6cccc(C(=O)C7CCCO7)c6n2c5c31)C(=O)NC4. The van der Waals surface area contributed by atoms with Crippen LogP contribution in [0.2, 0.25) is 0 Å². The van der Waals surface area contributed by atoms with E-state index in [-0.39, 0.29) is 23.5 Å². The first kappa shape index (κ1) is 29.8. The average Bonchev–Trinajstić information content (AvgIpc) is 3.95. The zero-order chi connectivity index (χ0) is 33.3. The second-order valence-corrected chi connectivity index (χ2v) is 14.2. The van der Waals surface area contributed by atoms with Crippen LogP contribution in [0.1, 0.15) is 81.9 Å². The van der Waals surface area contributed by atoms with Gasteiger partial charge in [0, 0.05) is 72.0 Å². The predicted molar refractivity (Wildman–Crippen MR) is 182 cm³/mol. The molecule has 11 nitrogen and oxygen atoms in total. The van der Waals surface area contributed by atoms with E-state index in [4.69, 9.17) is 18.9 Å². The van der Waals surface area contributed by atoms with Crippen molar-refractivity contribution in [3.05, 3.63) is 58.7 Å². The summed E-state index contributed by atoms with van der Waals surface area (Å²) in [4.78, 5) is 42.6. The lowest BCUT2D eigenvalue weighted by atomic mass is 9.92. The quantitative estimate of drug-likeness (QED) is 0.242. The molecule has 0 saturated carbocycles. The van der Waals surface area contributed by atoms with Gasteiger partial charge in [0.25, 0.3) is 5.91 Å². The number of nitrogens with one attached hydrogen (secondary N) is 2. The number of rotatable bonds is 6. The topological polar surface area (TPSA) is 122 Å². The molecular weight excluding hydrogens is 624 g/mol. The molecule has 1 amide bonds. The van der Waals surface area contributed by atoms with Crippen molar-refractivity contribution in [2.24, 2.45) is 0 Å². The van der Waals surface area contributed by atoms with E-state index < -0.39 is 30.3 Å². The maximum atomic E-state index is 14.3. The van der Waals surface area contributed by atoms with E-state index in [9.17, 15) is 14.4 Å². The highest BCUT2D eigenvalue weighted by atomic mass is 16.6. The highest BCUT2D eigenvalue weighted by molar-refractivity contribution is 6.33. The van der Waals surface area contributed by atoms with Crippen molar-refractivity contribution < 1.29 is 33.3 Å². The fourth-order valence-electron chi connectivity index (χ4n) is 9.82. The lowest BCUT2D eigenvalue weighted by Crippen LogP contribution is -2.59. The Balaban J connectivity index is 1.44. The number of aromatic nitrogens is 2. The van der Waals surface area contributed by atoms with E-state index in [2.05, 4.69) is 19.8 Å². The first-order valence-corrected chi connectivity index (χ1v) is 17.4. The Kier molecular flexibility index (Phi) is 6.34. The predicted octanol–water partition coefficient (Wildman–Crippen LogP) is 5.08. The number of ketones is 2. The molecule has 7 heterocycles. The van der Waals surface area contributed by atoms with Gasteiger partial charge in [-0.2, -0.15) is 0 Å². The van der Waals surface area contributed by atoms with Crippen LogP contribution >= 0.6 is 0 Å². The summed E-state index contributed by atoms with van der Waals surface area (Å²) in [6, 6.07) is 11.5. The number of nitrogens with zero attached hydrogens (tertiary/aromatic N) is 2. The van der Waals surface area contributed by atoms with E-state index >= 15 is 0 Å². The first-order valence-electron chi connectivity index (χ1n) is 17.4. The van der Waals surface area contributed by atoms with E-state index in [0.29, 0.717) is 55.7 Å². The molecule has 0 aliphatic carbocycles. The summed E-state index contributed by atoms with van der Waals surface area (Å²) in [6.45, 7) is 3.50. The molecule has 3 aromatic carbocycles. The number of hydrogen-bond donors (Lipinski definition) is 2. The minimum Gasteiger partial charge on any atom is -0.375 e. The second-order valence-electron chi connectivity index (χ2n) is 14.2. The summed E-state index contributed by atoms with van der Waals surface area (Å²) in [5, 5.41) is 10.0. The van der Waals surface area contributed by atoms with Gasteiger partial charge in [-0.15, -0.1) is 0 Å². The van der Waals surface area contributed by atoms with Gasteiger partial charge in [-0.05, 0) is 57.4 Å². The van der Waals surface area contributed by atoms with Crippen molar-refractivity contribution in [1.29, 1.82) is 0 Å². The van der Waals surface area contributed by atoms with Gasteiger partial charge in [-0.25, -0.2) is 0 Å². The maximum Gasteiger partial charge on any atom is 0.252 e. The van der Waals surface area contributed by atoms with Gasteiger partial charge in [-0.1, -0.05) is 24.3 Å². The molecule has 0 spiro atoms. The van der Waals surface area contributed by atoms with Crippen LogP contribution in [-0.4, -0.2) is 78.3 Å². The highest BCUT2D eigenvalue weighted by Gasteiger charge is 2.54. The number of amides is 1. The molecule has 0 radical (unpaired) electrons. The molecule has 2 N–H and O–H groups in total. The third kappa shape index (κ3) is 3.72. The molecule has 5 aliphatic heterocycles. The summed E-state index contributed by atoms with van der Waals surface area (Å²) in [5.41, 5.74) is 4.66. The molecule has 2 bridgehead atoms. The van der Waals surface area contributed by atoms with Gasteiger partial charge in [-0.3, -0.25) is 14.4 Å². The first-order chi connectivity index (χ1) is 23.9. The van der Waals surface area contributed by atoms with Crippen LogP contribution in [0.5, 0.6) is 0 Å². The fraction of sp³-hybridized carbons (Fsp3) is 0.447. The lowest BCUT2D eigenvalue weighted by Gasteiger charge is -2.48. The normalized spacial score (nSPS) is 29.0. The van der Waals surface area contributed by atoms with E-state index in [0.717, 1.165) is 62.0 Å². The molecule has 10 rings (SSSR count). The van der Waals surface area contributed by atoms with E-state index in [1.807, 2.05) is 50.4 Å². The number of carbonyl (C=O) groups excluding carboxylic acids is 3. The number of likely N-dealkylation sites (N-methyl/N-ethyl adjacent to an activating group) is 1. The number of fused-ring (bicyclic) bond motifs is 13. The molecule has 252 valence electrons. The van der Waals surface area contributed by atoms with Gasteiger partial charge in [0.15, 0.2) is 17.3 Å². The number of Topliss-reactive ketones (excluding diaryl/α,β-unsaturated/α-hetero) is 2. The third-order valence-corrected chi connectivity index (χ3v) is 11.8. The van der Waals surface area contributed by atoms with Crippen LogP contribution < -0.4 is 10.6 Å². The Labute approximate surface area is 281 Å². The van der Waals surface area contributed by atoms with Gasteiger partial charge in [0.05, 0.1) is 27.6 Å².